The first-order chi connectivity index (χ1) is 21.8. The van der Waals surface area contributed by atoms with E-state index in [1.54, 1.807) is 18.4 Å². The van der Waals surface area contributed by atoms with Crippen LogP contribution in [-0.2, 0) is 10.2 Å². The normalized spacial score (nSPS) is 22.6. The number of nitrogens with zero attached hydrogens (tertiary/aromatic N) is 3. The number of carbonyl (C=O) groups is 1. The highest BCUT2D eigenvalue weighted by atomic mass is 32.1. The molecular weight excluding hydrogens is 577 g/mol. The molecule has 248 valence electrons. The van der Waals surface area contributed by atoms with E-state index < -0.39 is 0 Å². The molecule has 0 saturated heterocycles. The van der Waals surface area contributed by atoms with Crippen LogP contribution in [0.4, 0.5) is 5.82 Å². The summed E-state index contributed by atoms with van der Waals surface area (Å²) in [4.78, 5) is 27.0. The number of thiazole rings is 1. The van der Waals surface area contributed by atoms with E-state index in [0.717, 1.165) is 59.2 Å². The number of benzene rings is 1. The molecule has 4 saturated carbocycles. The molecule has 7 rings (SSSR count). The van der Waals surface area contributed by atoms with Crippen LogP contribution in [0.3, 0.4) is 0 Å². The zero-order valence-electron chi connectivity index (χ0n) is 28.8. The molecule has 1 aromatic carbocycles. The number of anilines is 1. The molecule has 3 aromatic rings. The van der Waals surface area contributed by atoms with Crippen LogP contribution >= 0.6 is 11.3 Å². The Morgan fingerprint density at radius 2 is 1.69 bits per heavy atom. The third kappa shape index (κ3) is 7.62. The van der Waals surface area contributed by atoms with Crippen molar-refractivity contribution in [2.75, 3.05) is 25.6 Å². The molecule has 7 heteroatoms. The highest BCUT2D eigenvalue weighted by Gasteiger charge is 2.50. The summed E-state index contributed by atoms with van der Waals surface area (Å²) in [5, 5.41) is 1.15. The van der Waals surface area contributed by atoms with Crippen LogP contribution in [-0.4, -0.2) is 36.6 Å². The van der Waals surface area contributed by atoms with Gasteiger partial charge >= 0.3 is 0 Å². The van der Waals surface area contributed by atoms with Crippen molar-refractivity contribution in [2.24, 2.45) is 17.1 Å². The minimum absolute atomic E-state index is 0. The summed E-state index contributed by atoms with van der Waals surface area (Å²) in [6.07, 6.45) is 16.5. The molecule has 45 heavy (non-hydrogen) atoms. The fraction of sp³-hybridized carbons (Fsp3) is 0.605. The monoisotopic (exact) mass is 634 g/mol. The summed E-state index contributed by atoms with van der Waals surface area (Å²) in [5.41, 5.74) is 8.73. The maximum atomic E-state index is 14.2. The Bertz CT molecular complexity index is 1380. The predicted molar refractivity (Wildman–Crippen MR) is 191 cm³/mol. The molecule has 0 radical (unpaired) electrons. The molecule has 4 aliphatic carbocycles. The number of hydrogen-bond acceptors (Lipinski definition) is 6. The zero-order chi connectivity index (χ0) is 32.6. The van der Waals surface area contributed by atoms with Crippen LogP contribution in [0.2, 0.25) is 0 Å². The van der Waals surface area contributed by atoms with E-state index in [0.29, 0.717) is 11.8 Å². The smallest absolute Gasteiger partial charge is 0.231 e. The molecule has 0 atom stereocenters. The fourth-order valence-corrected chi connectivity index (χ4v) is 8.64. The number of pyridine rings is 1. The molecule has 2 N–H and O–H groups in total. The Kier molecular flexibility index (Phi) is 12.2. The number of rotatable bonds is 8. The van der Waals surface area contributed by atoms with Crippen molar-refractivity contribution in [3.8, 4) is 16.2 Å². The first kappa shape index (κ1) is 35.1. The highest BCUT2D eigenvalue weighted by Crippen LogP contribution is 2.58. The third-order valence-electron chi connectivity index (χ3n) is 10.4. The second-order valence-electron chi connectivity index (χ2n) is 13.3. The summed E-state index contributed by atoms with van der Waals surface area (Å²) in [5.74, 6) is 2.61. The Morgan fingerprint density at radius 3 is 2.27 bits per heavy atom. The highest BCUT2D eigenvalue weighted by molar-refractivity contribution is 7.15. The number of aromatic nitrogens is 2. The van der Waals surface area contributed by atoms with Crippen molar-refractivity contribution in [1.29, 1.82) is 0 Å². The molecule has 2 heterocycles. The second kappa shape index (κ2) is 15.7. The zero-order valence-corrected chi connectivity index (χ0v) is 29.6. The van der Waals surface area contributed by atoms with Gasteiger partial charge in [0.15, 0.2) is 0 Å². The van der Waals surface area contributed by atoms with Crippen LogP contribution in [0.15, 0.2) is 42.7 Å². The average molecular weight is 635 g/mol. The van der Waals surface area contributed by atoms with Crippen molar-refractivity contribution in [2.45, 2.75) is 117 Å². The molecule has 1 amide bonds. The Labute approximate surface area is 277 Å². The van der Waals surface area contributed by atoms with E-state index in [1.165, 1.54) is 63.1 Å². The number of carbonyl (C=O) groups excluding carboxylic acids is 1. The summed E-state index contributed by atoms with van der Waals surface area (Å²) >= 11 is 1.75. The number of methoxy groups -OCH3 is 1. The molecule has 2 aromatic heterocycles. The molecular formula is C38H58N4O2S. The quantitative estimate of drug-likeness (QED) is 0.267. The van der Waals surface area contributed by atoms with Crippen LogP contribution in [0, 0.1) is 18.3 Å². The number of ether oxygens (including phenoxy) is 1. The number of aryl methyl sites for hydroxylation is 1. The van der Waals surface area contributed by atoms with Crippen LogP contribution in [0.25, 0.3) is 10.4 Å². The van der Waals surface area contributed by atoms with Gasteiger partial charge < -0.3 is 10.5 Å². The van der Waals surface area contributed by atoms with E-state index in [4.69, 9.17) is 9.72 Å². The van der Waals surface area contributed by atoms with Gasteiger partial charge in [-0.25, -0.2) is 9.97 Å². The third-order valence-corrected chi connectivity index (χ3v) is 11.8. The minimum Gasteiger partial charge on any atom is -0.496 e. The molecule has 2 bridgehead atoms. The van der Waals surface area contributed by atoms with Crippen LogP contribution in [0.1, 0.15) is 122 Å². The molecule has 0 aliphatic heterocycles. The Morgan fingerprint density at radius 1 is 1.02 bits per heavy atom. The van der Waals surface area contributed by atoms with Crippen LogP contribution in [0.5, 0.6) is 5.75 Å². The molecule has 6 nitrogen and oxygen atoms in total. The standard InChI is InChI=1S/C35H45N3O2S.C2H6.CH5N.H2/c1-24(2)32-37-22-30(41-32)27-12-19-36-31(21-27)38(33(39)26-8-6-5-7-9-26)23-34-13-16-35(17-14-34,18-15-34)28-10-11-29(40-4)25(3)20-28;2*1-2;/h10-12,19-22,24,26H,5-9,13-18,23H2,1-4H3;1-2H3;2H2,1H3;1H. The lowest BCUT2D eigenvalue weighted by Gasteiger charge is -2.55. The van der Waals surface area contributed by atoms with Crippen molar-refractivity contribution in [1.82, 2.24) is 9.97 Å². The molecule has 0 spiro atoms. The van der Waals surface area contributed by atoms with Gasteiger partial charge in [0.2, 0.25) is 5.91 Å². The van der Waals surface area contributed by atoms with E-state index >= 15 is 0 Å². The predicted octanol–water partition coefficient (Wildman–Crippen LogP) is 9.70. The van der Waals surface area contributed by atoms with Gasteiger partial charge in [-0.05, 0) is 111 Å². The Hall–Kier alpha value is -2.77. The summed E-state index contributed by atoms with van der Waals surface area (Å²) in [7, 11) is 3.25. The number of nitrogens with two attached hydrogens (primary N) is 1. The van der Waals surface area contributed by atoms with Gasteiger partial charge in [0.05, 0.1) is 17.0 Å². The van der Waals surface area contributed by atoms with Gasteiger partial charge in [0.1, 0.15) is 11.6 Å². The molecule has 4 fully saturated rings. The topological polar surface area (TPSA) is 81.3 Å². The Balaban J connectivity index is 0.00000111. The van der Waals surface area contributed by atoms with Gasteiger partial charge in [-0.2, -0.15) is 0 Å². The van der Waals surface area contributed by atoms with Gasteiger partial charge in [-0.1, -0.05) is 59.1 Å². The minimum atomic E-state index is 0. The van der Waals surface area contributed by atoms with E-state index in [2.05, 4.69) is 66.7 Å². The maximum absolute atomic E-state index is 14.2. The lowest BCUT2D eigenvalue weighted by molar-refractivity contribution is -0.124. The summed E-state index contributed by atoms with van der Waals surface area (Å²) in [6, 6.07) is 11.0. The van der Waals surface area contributed by atoms with Gasteiger partial charge in [-0.3, -0.25) is 9.69 Å². The summed E-state index contributed by atoms with van der Waals surface area (Å²) < 4.78 is 5.54. The lowest BCUT2D eigenvalue weighted by atomic mass is 9.51. The van der Waals surface area contributed by atoms with E-state index in [9.17, 15) is 4.79 Å². The molecule has 0 unspecified atom stereocenters. The number of fused-ring (bicyclic) bond motifs is 3. The number of amides is 1. The first-order valence-corrected chi connectivity index (χ1v) is 18.1. The van der Waals surface area contributed by atoms with Gasteiger partial charge in [0.25, 0.3) is 0 Å². The first-order valence-electron chi connectivity index (χ1n) is 17.3. The van der Waals surface area contributed by atoms with E-state index in [1.807, 2.05) is 26.2 Å². The fourth-order valence-electron chi connectivity index (χ4n) is 7.73. The summed E-state index contributed by atoms with van der Waals surface area (Å²) in [6.45, 7) is 11.3. The maximum Gasteiger partial charge on any atom is 0.231 e. The van der Waals surface area contributed by atoms with Crippen LogP contribution < -0.4 is 15.4 Å². The van der Waals surface area contributed by atoms with Crippen molar-refractivity contribution < 1.29 is 11.0 Å². The lowest BCUT2D eigenvalue weighted by Crippen LogP contribution is -2.51. The number of hydrogen-bond donors (Lipinski definition) is 1. The van der Waals surface area contributed by atoms with Crippen molar-refractivity contribution >= 4 is 23.1 Å². The van der Waals surface area contributed by atoms with Gasteiger partial charge in [0, 0.05) is 32.2 Å². The van der Waals surface area contributed by atoms with Crippen molar-refractivity contribution in [3.05, 3.63) is 58.9 Å². The second-order valence-corrected chi connectivity index (χ2v) is 14.4. The average Bonchev–Trinajstić information content (AvgIpc) is 3.61. The van der Waals surface area contributed by atoms with E-state index in [-0.39, 0.29) is 18.2 Å². The molecule has 4 aliphatic rings. The largest absolute Gasteiger partial charge is 0.496 e. The van der Waals surface area contributed by atoms with Gasteiger partial charge in [-0.15, -0.1) is 11.3 Å². The van der Waals surface area contributed by atoms with Crippen molar-refractivity contribution in [3.63, 3.8) is 0 Å². The SMILES string of the molecule is CC.CN.COc1ccc(C23CCC(CN(C(=O)C4CCCCC4)c4cc(-c5cnc(C(C)C)s5)ccn4)(CC2)CC3)cc1C.[HH].